The normalized spacial score (nSPS) is 11.6. The summed E-state index contributed by atoms with van der Waals surface area (Å²) in [5.41, 5.74) is 6.99. The number of aryl methyl sites for hydroxylation is 1. The van der Waals surface area contributed by atoms with Gasteiger partial charge in [-0.2, -0.15) is 0 Å². The molecule has 1 aromatic carbocycles. The van der Waals surface area contributed by atoms with Crippen molar-refractivity contribution in [3.8, 4) is 5.75 Å². The lowest BCUT2D eigenvalue weighted by molar-refractivity contribution is 0.232. The lowest BCUT2D eigenvalue weighted by atomic mass is 9.90. The number of hydrogen-bond acceptors (Lipinski definition) is 2. The number of halogens is 1. The number of ether oxygens (including phenoxy) is 1. The predicted octanol–water partition coefficient (Wildman–Crippen LogP) is 3.51. The molecule has 0 saturated carbocycles. The average molecular weight is 286 g/mol. The lowest BCUT2D eigenvalue weighted by Crippen LogP contribution is -2.25. The van der Waals surface area contributed by atoms with Crippen LogP contribution in [0.5, 0.6) is 5.75 Å². The molecule has 0 heterocycles. The minimum atomic E-state index is 0.153. The summed E-state index contributed by atoms with van der Waals surface area (Å²) in [6.07, 6.45) is 0.968. The Hall–Kier alpha value is -0.540. The van der Waals surface area contributed by atoms with Crippen LogP contribution in [0.25, 0.3) is 0 Å². The Morgan fingerprint density at radius 2 is 2.06 bits per heavy atom. The summed E-state index contributed by atoms with van der Waals surface area (Å²) < 4.78 is 6.82. The van der Waals surface area contributed by atoms with E-state index < -0.39 is 0 Å². The largest absolute Gasteiger partial charge is 0.493 e. The first-order chi connectivity index (χ1) is 7.44. The number of hydrogen-bond donors (Lipinski definition) is 1. The van der Waals surface area contributed by atoms with Crippen molar-refractivity contribution >= 4 is 15.9 Å². The Bertz CT molecular complexity index is 350. The zero-order chi connectivity index (χ0) is 12.2. The van der Waals surface area contributed by atoms with Gasteiger partial charge in [-0.25, -0.2) is 0 Å². The molecule has 0 aliphatic carbocycles. The van der Waals surface area contributed by atoms with E-state index in [0.29, 0.717) is 13.2 Å². The van der Waals surface area contributed by atoms with E-state index in [1.54, 1.807) is 0 Å². The summed E-state index contributed by atoms with van der Waals surface area (Å²) >= 11 is 3.44. The van der Waals surface area contributed by atoms with Gasteiger partial charge >= 0.3 is 0 Å². The number of rotatable bonds is 5. The fourth-order valence-electron chi connectivity index (χ4n) is 1.27. The zero-order valence-electron chi connectivity index (χ0n) is 10.2. The van der Waals surface area contributed by atoms with E-state index in [9.17, 15) is 0 Å². The van der Waals surface area contributed by atoms with Crippen LogP contribution in [0.1, 0.15) is 25.8 Å². The first kappa shape index (κ1) is 13.5. The summed E-state index contributed by atoms with van der Waals surface area (Å²) in [5, 5.41) is 0. The van der Waals surface area contributed by atoms with E-state index in [-0.39, 0.29) is 5.41 Å². The van der Waals surface area contributed by atoms with Gasteiger partial charge in [0, 0.05) is 4.47 Å². The lowest BCUT2D eigenvalue weighted by Gasteiger charge is -2.22. The van der Waals surface area contributed by atoms with E-state index in [4.69, 9.17) is 10.5 Å². The van der Waals surface area contributed by atoms with E-state index in [0.717, 1.165) is 22.2 Å². The molecule has 0 radical (unpaired) electrons. The number of nitrogens with two attached hydrogens (primary N) is 1. The van der Waals surface area contributed by atoms with Gasteiger partial charge in [0.2, 0.25) is 0 Å². The molecule has 0 unspecified atom stereocenters. The van der Waals surface area contributed by atoms with Crippen LogP contribution in [0.4, 0.5) is 0 Å². The van der Waals surface area contributed by atoms with Crippen LogP contribution in [-0.4, -0.2) is 13.2 Å². The minimum Gasteiger partial charge on any atom is -0.493 e. The molecule has 0 spiro atoms. The summed E-state index contributed by atoms with van der Waals surface area (Å²) in [6.45, 7) is 7.76. The van der Waals surface area contributed by atoms with Crippen LogP contribution in [0.2, 0.25) is 0 Å². The van der Waals surface area contributed by atoms with E-state index in [1.165, 1.54) is 0 Å². The van der Waals surface area contributed by atoms with Crippen molar-refractivity contribution in [3.05, 3.63) is 28.2 Å². The van der Waals surface area contributed by atoms with Crippen molar-refractivity contribution in [1.82, 2.24) is 0 Å². The highest BCUT2D eigenvalue weighted by Crippen LogP contribution is 2.24. The van der Waals surface area contributed by atoms with Crippen LogP contribution >= 0.6 is 15.9 Å². The highest BCUT2D eigenvalue weighted by Gasteiger charge is 2.15. The summed E-state index contributed by atoms with van der Waals surface area (Å²) in [7, 11) is 0. The summed E-state index contributed by atoms with van der Waals surface area (Å²) in [5.74, 6) is 0.946. The molecule has 3 heteroatoms. The molecule has 0 saturated heterocycles. The highest BCUT2D eigenvalue weighted by molar-refractivity contribution is 9.10. The third-order valence-corrected chi connectivity index (χ3v) is 3.23. The van der Waals surface area contributed by atoms with Crippen molar-refractivity contribution in [2.45, 2.75) is 27.2 Å². The predicted molar refractivity (Wildman–Crippen MR) is 71.8 cm³/mol. The Balaban J connectivity index is 2.52. The van der Waals surface area contributed by atoms with Crippen LogP contribution in [0.3, 0.4) is 0 Å². The van der Waals surface area contributed by atoms with Crippen molar-refractivity contribution in [2.75, 3.05) is 13.2 Å². The Morgan fingerprint density at radius 3 is 2.69 bits per heavy atom. The van der Waals surface area contributed by atoms with Gasteiger partial charge in [0.15, 0.2) is 0 Å². The highest BCUT2D eigenvalue weighted by atomic mass is 79.9. The minimum absolute atomic E-state index is 0.153. The van der Waals surface area contributed by atoms with Gasteiger partial charge in [-0.3, -0.25) is 0 Å². The third kappa shape index (κ3) is 4.14. The van der Waals surface area contributed by atoms with Crippen molar-refractivity contribution in [2.24, 2.45) is 11.1 Å². The fourth-order valence-corrected chi connectivity index (χ4v) is 1.61. The quantitative estimate of drug-likeness (QED) is 0.899. The Labute approximate surface area is 106 Å². The standard InChI is InChI=1S/C13H20BrNO/c1-10-4-5-11(14)8-12(10)16-7-6-13(2,3)9-15/h4-5,8H,6-7,9,15H2,1-3H3. The smallest absolute Gasteiger partial charge is 0.123 e. The van der Waals surface area contributed by atoms with Gasteiger partial charge in [0.25, 0.3) is 0 Å². The second-order valence-corrected chi connectivity index (χ2v) is 5.79. The van der Waals surface area contributed by atoms with Gasteiger partial charge in [-0.1, -0.05) is 35.8 Å². The molecule has 1 rings (SSSR count). The molecular formula is C13H20BrNO. The maximum absolute atomic E-state index is 5.77. The Morgan fingerprint density at radius 1 is 1.38 bits per heavy atom. The molecule has 0 bridgehead atoms. The van der Waals surface area contributed by atoms with Crippen molar-refractivity contribution < 1.29 is 4.74 Å². The van der Waals surface area contributed by atoms with E-state index >= 15 is 0 Å². The second-order valence-electron chi connectivity index (χ2n) is 4.88. The van der Waals surface area contributed by atoms with Crippen molar-refractivity contribution in [3.63, 3.8) is 0 Å². The zero-order valence-corrected chi connectivity index (χ0v) is 11.8. The first-order valence-electron chi connectivity index (χ1n) is 5.54. The monoisotopic (exact) mass is 285 g/mol. The van der Waals surface area contributed by atoms with Gasteiger partial charge in [-0.05, 0) is 43.0 Å². The molecule has 0 fully saturated rings. The third-order valence-electron chi connectivity index (χ3n) is 2.74. The Kier molecular flexibility index (Phi) is 4.81. The second kappa shape index (κ2) is 5.69. The molecule has 90 valence electrons. The summed E-state index contributed by atoms with van der Waals surface area (Å²) in [4.78, 5) is 0. The maximum atomic E-state index is 5.77. The summed E-state index contributed by atoms with van der Waals surface area (Å²) in [6, 6.07) is 6.07. The van der Waals surface area contributed by atoms with Gasteiger partial charge in [-0.15, -0.1) is 0 Å². The van der Waals surface area contributed by atoms with E-state index in [1.807, 2.05) is 18.2 Å². The molecule has 16 heavy (non-hydrogen) atoms. The fraction of sp³-hybridized carbons (Fsp3) is 0.538. The van der Waals surface area contributed by atoms with Gasteiger partial charge < -0.3 is 10.5 Å². The molecule has 0 atom stereocenters. The molecule has 0 aliphatic heterocycles. The average Bonchev–Trinajstić information content (AvgIpc) is 2.23. The molecule has 1 aromatic rings. The van der Waals surface area contributed by atoms with E-state index in [2.05, 4.69) is 36.7 Å². The first-order valence-corrected chi connectivity index (χ1v) is 6.33. The van der Waals surface area contributed by atoms with Crippen LogP contribution in [-0.2, 0) is 0 Å². The van der Waals surface area contributed by atoms with Crippen LogP contribution < -0.4 is 10.5 Å². The molecule has 2 nitrogen and oxygen atoms in total. The molecular weight excluding hydrogens is 266 g/mol. The number of benzene rings is 1. The molecule has 0 amide bonds. The van der Waals surface area contributed by atoms with Crippen LogP contribution in [0, 0.1) is 12.3 Å². The van der Waals surface area contributed by atoms with Gasteiger partial charge in [0.05, 0.1) is 6.61 Å². The van der Waals surface area contributed by atoms with Crippen molar-refractivity contribution in [1.29, 1.82) is 0 Å². The molecule has 0 aromatic heterocycles. The van der Waals surface area contributed by atoms with Gasteiger partial charge in [0.1, 0.15) is 5.75 Å². The maximum Gasteiger partial charge on any atom is 0.123 e. The topological polar surface area (TPSA) is 35.2 Å². The molecule has 2 N–H and O–H groups in total. The molecule has 0 aliphatic rings. The van der Waals surface area contributed by atoms with Crippen LogP contribution in [0.15, 0.2) is 22.7 Å². The SMILES string of the molecule is Cc1ccc(Br)cc1OCCC(C)(C)CN.